The summed E-state index contributed by atoms with van der Waals surface area (Å²) in [6, 6.07) is -1.71. The molecule has 1 aliphatic rings. The van der Waals surface area contributed by atoms with Gasteiger partial charge in [0.15, 0.2) is 0 Å². The molecule has 0 aromatic carbocycles. The van der Waals surface area contributed by atoms with E-state index in [1.165, 1.54) is 0 Å². The summed E-state index contributed by atoms with van der Waals surface area (Å²) in [6.45, 7) is 0. The first kappa shape index (κ1) is 2.91. The van der Waals surface area contributed by atoms with E-state index in [0.717, 1.165) is 7.11 Å². The van der Waals surface area contributed by atoms with Gasteiger partial charge in [-0.3, -0.25) is 4.79 Å². The maximum Gasteiger partial charge on any atom is 0.316 e. The quantitative estimate of drug-likeness (QED) is 0.408. The lowest BCUT2D eigenvalue weighted by molar-refractivity contribution is -0.142. The van der Waals surface area contributed by atoms with E-state index < -0.39 is 42.5 Å². The van der Waals surface area contributed by atoms with E-state index in [1.807, 2.05) is 0 Å². The van der Waals surface area contributed by atoms with Gasteiger partial charge in [-0.1, -0.05) is 24.2 Å². The summed E-state index contributed by atoms with van der Waals surface area (Å²) in [6.07, 6.45) is -1.34. The van der Waals surface area contributed by atoms with Crippen LogP contribution in [0, 0.1) is 5.92 Å². The Balaban J connectivity index is 3.21. The van der Waals surface area contributed by atoms with Gasteiger partial charge in [-0.15, -0.1) is 0 Å². The Morgan fingerprint density at radius 1 is 1.80 bits per heavy atom. The van der Waals surface area contributed by atoms with Gasteiger partial charge in [0.1, 0.15) is 0 Å². The number of ether oxygens (including phenoxy) is 1. The Kier molecular flexibility index (Phi) is 0.931. The van der Waals surface area contributed by atoms with Crippen molar-refractivity contribution in [3.05, 3.63) is 24.2 Å². The van der Waals surface area contributed by atoms with E-state index in [4.69, 9.17) is 6.85 Å². The predicted octanol–water partition coefficient (Wildman–Crippen LogP) is 1.29. The van der Waals surface area contributed by atoms with Crippen molar-refractivity contribution in [1.29, 1.82) is 0 Å². The zero-order valence-electron chi connectivity index (χ0n) is 10.5. The molecule has 0 aromatic rings. The maximum absolute atomic E-state index is 11.2. The zero-order chi connectivity index (χ0) is 11.7. The van der Waals surface area contributed by atoms with Crippen LogP contribution in [0.15, 0.2) is 24.2 Å². The van der Waals surface area contributed by atoms with Crippen LogP contribution in [0.25, 0.3) is 0 Å². The average molecular weight is 143 g/mol. The van der Waals surface area contributed by atoms with Crippen molar-refractivity contribution in [2.45, 2.75) is 6.40 Å². The summed E-state index contributed by atoms with van der Waals surface area (Å²) in [7, 11) is 1.11. The normalized spacial score (nSPS) is 41.1. The van der Waals surface area contributed by atoms with Crippen LogP contribution < -0.4 is 0 Å². The third kappa shape index (κ3) is 1.47. The van der Waals surface area contributed by atoms with Crippen LogP contribution in [-0.4, -0.2) is 13.1 Å². The minimum Gasteiger partial charge on any atom is -0.468 e. The molecule has 0 bridgehead atoms. The van der Waals surface area contributed by atoms with Gasteiger partial charge in [-0.25, -0.2) is 0 Å². The second-order valence-electron chi connectivity index (χ2n) is 1.68. The second kappa shape index (κ2) is 3.20. The topological polar surface area (TPSA) is 26.3 Å². The molecule has 0 heterocycles. The predicted molar refractivity (Wildman–Crippen MR) is 38.4 cm³/mol. The van der Waals surface area contributed by atoms with Crippen molar-refractivity contribution in [3.8, 4) is 0 Å². The molecule has 0 amide bonds. The van der Waals surface area contributed by atoms with E-state index in [2.05, 4.69) is 4.74 Å². The number of hydrogen-bond donors (Lipinski definition) is 0. The Morgan fingerprint density at radius 2 is 2.40 bits per heavy atom. The molecule has 54 valence electrons. The van der Waals surface area contributed by atoms with Crippen molar-refractivity contribution < 1.29 is 16.4 Å². The Bertz CT molecular complexity index is 334. The molecule has 1 aliphatic carbocycles. The molecule has 2 heteroatoms. The van der Waals surface area contributed by atoms with Gasteiger partial charge in [0.25, 0.3) is 0 Å². The SMILES string of the molecule is [2H]C1=C([2H])C(C(=O)OC)C([2H])=C([2H])C1[2H]. The molecule has 0 atom stereocenters. The standard InChI is InChI=1S/C8H10O2/c1-10-8(9)7-5-3-2-4-6-7/h3-7H,2H2,1H3/i2D,3D,4D,5D,6D. The number of methoxy groups -OCH3 is 1. The molecule has 0 N–H and O–H groups in total. The van der Waals surface area contributed by atoms with E-state index in [9.17, 15) is 4.79 Å². The molecule has 0 spiro atoms. The van der Waals surface area contributed by atoms with Gasteiger partial charge < -0.3 is 4.74 Å². The molecule has 0 saturated heterocycles. The zero-order valence-corrected chi connectivity index (χ0v) is 5.47. The van der Waals surface area contributed by atoms with E-state index in [1.54, 1.807) is 0 Å². The van der Waals surface area contributed by atoms with E-state index in [0.29, 0.717) is 0 Å². The molecule has 0 unspecified atom stereocenters. The summed E-state index contributed by atoms with van der Waals surface area (Å²) in [5.74, 6) is -2.16. The van der Waals surface area contributed by atoms with Gasteiger partial charge in [-0.05, 0) is 6.40 Å². The summed E-state index contributed by atoms with van der Waals surface area (Å²) in [4.78, 5) is 11.2. The first-order chi connectivity index (χ1) is 6.91. The Labute approximate surface area is 67.2 Å². The third-order valence-electron chi connectivity index (χ3n) is 1.04. The fraction of sp³-hybridized carbons (Fsp3) is 0.375. The van der Waals surface area contributed by atoms with Crippen LogP contribution in [0.2, 0.25) is 0 Å². The molecule has 0 fully saturated rings. The van der Waals surface area contributed by atoms with Crippen LogP contribution in [0.4, 0.5) is 0 Å². The van der Waals surface area contributed by atoms with Gasteiger partial charge in [-0.2, -0.15) is 0 Å². The molecule has 0 radical (unpaired) electrons. The summed E-state index contributed by atoms with van der Waals surface area (Å²) in [5, 5.41) is 0. The molecule has 1 rings (SSSR count). The van der Waals surface area contributed by atoms with Gasteiger partial charge in [0.05, 0.1) is 18.5 Å². The minimum absolute atomic E-state index is 0.425. The highest BCUT2D eigenvalue weighted by atomic mass is 16.5. The largest absolute Gasteiger partial charge is 0.468 e. The van der Waals surface area contributed by atoms with Crippen LogP contribution >= 0.6 is 0 Å². The number of esters is 1. The first-order valence-electron chi connectivity index (χ1n) is 5.34. The number of allylic oxidation sites excluding steroid dienone is 2. The van der Waals surface area contributed by atoms with Gasteiger partial charge in [0, 0.05) is 1.37 Å². The maximum atomic E-state index is 11.2. The molecular weight excluding hydrogens is 128 g/mol. The Morgan fingerprint density at radius 3 is 2.90 bits per heavy atom. The first-order valence-corrected chi connectivity index (χ1v) is 2.76. The molecule has 0 aliphatic heterocycles. The second-order valence-corrected chi connectivity index (χ2v) is 1.68. The third-order valence-corrected chi connectivity index (χ3v) is 1.04. The van der Waals surface area contributed by atoms with Crippen molar-refractivity contribution in [2.75, 3.05) is 7.11 Å². The highest BCUT2D eigenvalue weighted by Gasteiger charge is 2.12. The summed E-state index contributed by atoms with van der Waals surface area (Å²) in [5.41, 5.74) is 0. The van der Waals surface area contributed by atoms with Crippen molar-refractivity contribution >= 4 is 5.97 Å². The summed E-state index contributed by atoms with van der Waals surface area (Å²) < 4.78 is 41.4. The van der Waals surface area contributed by atoms with Crippen LogP contribution in [-0.2, 0) is 9.53 Å². The van der Waals surface area contributed by atoms with Crippen molar-refractivity contribution in [2.24, 2.45) is 5.92 Å². The van der Waals surface area contributed by atoms with Crippen LogP contribution in [0.5, 0.6) is 0 Å². The number of carbonyl (C=O) groups excluding carboxylic acids is 1. The minimum atomic E-state index is -1.34. The lowest BCUT2D eigenvalue weighted by Gasteiger charge is -2.06. The number of rotatable bonds is 1. The van der Waals surface area contributed by atoms with Crippen molar-refractivity contribution in [3.63, 3.8) is 0 Å². The van der Waals surface area contributed by atoms with Crippen LogP contribution in [0.3, 0.4) is 0 Å². The molecular formula is C8H10O2. The van der Waals surface area contributed by atoms with E-state index >= 15 is 0 Å². The summed E-state index contributed by atoms with van der Waals surface area (Å²) >= 11 is 0. The molecule has 2 nitrogen and oxygen atoms in total. The molecule has 0 aromatic heterocycles. The number of hydrogen-bond acceptors (Lipinski definition) is 2. The van der Waals surface area contributed by atoms with Gasteiger partial charge >= 0.3 is 5.97 Å². The number of carbonyl (C=O) groups is 1. The van der Waals surface area contributed by atoms with Crippen LogP contribution in [0.1, 0.15) is 13.3 Å². The fourth-order valence-electron chi connectivity index (χ4n) is 0.558. The lowest BCUT2D eigenvalue weighted by Crippen LogP contribution is -2.12. The van der Waals surface area contributed by atoms with Gasteiger partial charge in [0.2, 0.25) is 0 Å². The smallest absolute Gasteiger partial charge is 0.316 e. The van der Waals surface area contributed by atoms with E-state index in [-0.39, 0.29) is 0 Å². The lowest BCUT2D eigenvalue weighted by atomic mass is 10.0. The van der Waals surface area contributed by atoms with Crippen molar-refractivity contribution in [1.82, 2.24) is 0 Å². The Hall–Kier alpha value is -1.05. The highest BCUT2D eigenvalue weighted by Crippen LogP contribution is 2.09. The molecule has 0 saturated carbocycles. The average Bonchev–Trinajstić information content (AvgIpc) is 2.23. The highest BCUT2D eigenvalue weighted by molar-refractivity contribution is 5.76. The fourth-order valence-corrected chi connectivity index (χ4v) is 0.558. The molecule has 10 heavy (non-hydrogen) atoms. The monoisotopic (exact) mass is 143 g/mol.